The Bertz CT molecular complexity index is 335. The van der Waals surface area contributed by atoms with E-state index in [9.17, 15) is 0 Å². The number of aryl methyl sites for hydroxylation is 1. The van der Waals surface area contributed by atoms with E-state index in [4.69, 9.17) is 0 Å². The van der Waals surface area contributed by atoms with E-state index in [1.807, 2.05) is 0 Å². The summed E-state index contributed by atoms with van der Waals surface area (Å²) in [5, 5.41) is 3.47. The summed E-state index contributed by atoms with van der Waals surface area (Å²) in [6.07, 6.45) is 5.36. The number of fused-ring (bicyclic) bond motifs is 2. The van der Waals surface area contributed by atoms with Gasteiger partial charge in [0.15, 0.2) is 0 Å². The molecule has 0 aromatic heterocycles. The molecule has 0 atom stereocenters. The van der Waals surface area contributed by atoms with Crippen molar-refractivity contribution in [3.8, 4) is 0 Å². The zero-order valence-electron chi connectivity index (χ0n) is 10.1. The summed E-state index contributed by atoms with van der Waals surface area (Å²) in [5.41, 5.74) is 8.30. The molecule has 1 spiro atoms. The first-order valence-corrected chi connectivity index (χ1v) is 6.28. The first kappa shape index (κ1) is 11.6. The Labute approximate surface area is 98.2 Å². The van der Waals surface area contributed by atoms with E-state index >= 15 is 0 Å². The van der Waals surface area contributed by atoms with Gasteiger partial charge in [-0.25, -0.2) is 0 Å². The van der Waals surface area contributed by atoms with Crippen molar-refractivity contribution in [1.82, 2.24) is 5.32 Å². The first-order valence-electron chi connectivity index (χ1n) is 6.28. The summed E-state index contributed by atoms with van der Waals surface area (Å²) < 4.78 is 0. The van der Waals surface area contributed by atoms with Gasteiger partial charge < -0.3 is 11.1 Å². The SMILES string of the molecule is CN.c1ccc2c(c1)CCC21CCNCC1. The van der Waals surface area contributed by atoms with E-state index in [-0.39, 0.29) is 0 Å². The zero-order chi connectivity index (χ0) is 11.4. The molecule has 3 N–H and O–H groups in total. The Morgan fingerprint density at radius 2 is 1.75 bits per heavy atom. The summed E-state index contributed by atoms with van der Waals surface area (Å²) in [6, 6.07) is 9.05. The second kappa shape index (κ2) is 4.98. The average Bonchev–Trinajstić information content (AvgIpc) is 2.73. The predicted molar refractivity (Wildman–Crippen MR) is 68.7 cm³/mol. The highest BCUT2D eigenvalue weighted by Gasteiger charge is 2.38. The number of piperidine rings is 1. The van der Waals surface area contributed by atoms with Gasteiger partial charge in [-0.05, 0) is 62.4 Å². The minimum absolute atomic E-state index is 0.543. The fraction of sp³-hybridized carbons (Fsp3) is 0.571. The van der Waals surface area contributed by atoms with Gasteiger partial charge in [-0.1, -0.05) is 24.3 Å². The van der Waals surface area contributed by atoms with Crippen LogP contribution in [0.4, 0.5) is 0 Å². The molecule has 16 heavy (non-hydrogen) atoms. The molecule has 2 aliphatic rings. The fourth-order valence-corrected chi connectivity index (χ4v) is 3.19. The van der Waals surface area contributed by atoms with Gasteiger partial charge in [0.2, 0.25) is 0 Å². The first-order chi connectivity index (χ1) is 7.91. The Morgan fingerprint density at radius 1 is 1.06 bits per heavy atom. The lowest BCUT2D eigenvalue weighted by molar-refractivity contribution is 0.306. The summed E-state index contributed by atoms with van der Waals surface area (Å²) in [6.45, 7) is 2.41. The van der Waals surface area contributed by atoms with Crippen molar-refractivity contribution in [2.75, 3.05) is 20.1 Å². The topological polar surface area (TPSA) is 38.0 Å². The third kappa shape index (κ3) is 1.87. The predicted octanol–water partition coefficient (Wildman–Crippen LogP) is 1.83. The minimum Gasteiger partial charge on any atom is -0.333 e. The van der Waals surface area contributed by atoms with Crippen LogP contribution in [0.3, 0.4) is 0 Å². The maximum Gasteiger partial charge on any atom is -0.00170 e. The van der Waals surface area contributed by atoms with E-state index in [1.54, 1.807) is 11.1 Å². The van der Waals surface area contributed by atoms with Crippen LogP contribution >= 0.6 is 0 Å². The van der Waals surface area contributed by atoms with Crippen LogP contribution in [0.15, 0.2) is 24.3 Å². The van der Waals surface area contributed by atoms with Crippen molar-refractivity contribution >= 4 is 0 Å². The van der Waals surface area contributed by atoms with Crippen LogP contribution in [-0.2, 0) is 11.8 Å². The summed E-state index contributed by atoms with van der Waals surface area (Å²) in [5.74, 6) is 0. The number of nitrogens with one attached hydrogen (secondary N) is 1. The monoisotopic (exact) mass is 218 g/mol. The fourth-order valence-electron chi connectivity index (χ4n) is 3.19. The molecule has 1 aromatic rings. The normalized spacial score (nSPS) is 21.1. The molecular formula is C14H22N2. The van der Waals surface area contributed by atoms with Gasteiger partial charge in [-0.15, -0.1) is 0 Å². The number of hydrogen-bond acceptors (Lipinski definition) is 2. The van der Waals surface area contributed by atoms with Crippen molar-refractivity contribution in [3.63, 3.8) is 0 Å². The lowest BCUT2D eigenvalue weighted by Crippen LogP contribution is -2.38. The van der Waals surface area contributed by atoms with Crippen molar-refractivity contribution in [1.29, 1.82) is 0 Å². The van der Waals surface area contributed by atoms with Crippen molar-refractivity contribution in [2.45, 2.75) is 31.1 Å². The molecule has 3 rings (SSSR count). The maximum absolute atomic E-state index is 4.50. The molecule has 0 radical (unpaired) electrons. The molecule has 0 amide bonds. The Morgan fingerprint density at radius 3 is 2.50 bits per heavy atom. The van der Waals surface area contributed by atoms with Crippen molar-refractivity contribution < 1.29 is 0 Å². The van der Waals surface area contributed by atoms with Crippen LogP contribution in [0.2, 0.25) is 0 Å². The molecule has 2 nitrogen and oxygen atoms in total. The lowest BCUT2D eigenvalue weighted by Gasteiger charge is -2.34. The van der Waals surface area contributed by atoms with Crippen LogP contribution in [0.1, 0.15) is 30.4 Å². The van der Waals surface area contributed by atoms with Crippen LogP contribution in [0, 0.1) is 0 Å². The highest BCUT2D eigenvalue weighted by Crippen LogP contribution is 2.44. The average molecular weight is 218 g/mol. The number of nitrogens with two attached hydrogens (primary N) is 1. The maximum atomic E-state index is 4.50. The summed E-state index contributed by atoms with van der Waals surface area (Å²) in [7, 11) is 1.50. The molecule has 1 aliphatic carbocycles. The van der Waals surface area contributed by atoms with Gasteiger partial charge >= 0.3 is 0 Å². The second-order valence-electron chi connectivity index (χ2n) is 4.69. The van der Waals surface area contributed by atoms with Crippen LogP contribution < -0.4 is 11.1 Å². The van der Waals surface area contributed by atoms with E-state index in [0.29, 0.717) is 5.41 Å². The van der Waals surface area contributed by atoms with Crippen LogP contribution in [-0.4, -0.2) is 20.1 Å². The lowest BCUT2D eigenvalue weighted by atomic mass is 9.74. The van der Waals surface area contributed by atoms with Gasteiger partial charge in [-0.3, -0.25) is 0 Å². The van der Waals surface area contributed by atoms with Crippen LogP contribution in [0.25, 0.3) is 0 Å². The number of benzene rings is 1. The Kier molecular flexibility index (Phi) is 3.62. The molecule has 1 heterocycles. The van der Waals surface area contributed by atoms with E-state index in [0.717, 1.165) is 0 Å². The zero-order valence-corrected chi connectivity index (χ0v) is 10.1. The van der Waals surface area contributed by atoms with Gasteiger partial charge in [0, 0.05) is 0 Å². The van der Waals surface area contributed by atoms with Gasteiger partial charge in [0.05, 0.1) is 0 Å². The van der Waals surface area contributed by atoms with Gasteiger partial charge in [0.1, 0.15) is 0 Å². The van der Waals surface area contributed by atoms with E-state index in [2.05, 4.69) is 35.3 Å². The third-order valence-corrected chi connectivity index (χ3v) is 4.02. The standard InChI is InChI=1S/C13H17N.CH5N/c1-2-4-12-11(3-1)5-6-13(12)7-9-14-10-8-13;1-2/h1-4,14H,5-10H2;2H2,1H3. The third-order valence-electron chi connectivity index (χ3n) is 4.02. The quantitative estimate of drug-likeness (QED) is 0.697. The van der Waals surface area contributed by atoms with Crippen molar-refractivity contribution in [3.05, 3.63) is 35.4 Å². The summed E-state index contributed by atoms with van der Waals surface area (Å²) in [4.78, 5) is 0. The number of rotatable bonds is 0. The molecule has 1 aromatic carbocycles. The molecule has 88 valence electrons. The highest BCUT2D eigenvalue weighted by molar-refractivity contribution is 5.39. The summed E-state index contributed by atoms with van der Waals surface area (Å²) >= 11 is 0. The van der Waals surface area contributed by atoms with Crippen LogP contribution in [0.5, 0.6) is 0 Å². The molecule has 1 fully saturated rings. The second-order valence-corrected chi connectivity index (χ2v) is 4.69. The minimum atomic E-state index is 0.543. The molecule has 1 saturated heterocycles. The molecule has 0 bridgehead atoms. The van der Waals surface area contributed by atoms with Gasteiger partial charge in [-0.2, -0.15) is 0 Å². The highest BCUT2D eigenvalue weighted by atomic mass is 14.9. The van der Waals surface area contributed by atoms with Gasteiger partial charge in [0.25, 0.3) is 0 Å². The Balaban J connectivity index is 0.000000457. The molecule has 2 heteroatoms. The van der Waals surface area contributed by atoms with E-state index < -0.39 is 0 Å². The molecule has 0 unspecified atom stereocenters. The smallest absolute Gasteiger partial charge is 0.00170 e. The molecule has 1 aliphatic heterocycles. The van der Waals surface area contributed by atoms with E-state index in [1.165, 1.54) is 45.8 Å². The molecule has 0 saturated carbocycles. The largest absolute Gasteiger partial charge is 0.333 e. The van der Waals surface area contributed by atoms with Crippen molar-refractivity contribution in [2.24, 2.45) is 5.73 Å². The Hall–Kier alpha value is -0.860. The molecular weight excluding hydrogens is 196 g/mol. The number of hydrogen-bond donors (Lipinski definition) is 2.